The third-order valence-electron chi connectivity index (χ3n) is 2.96. The van der Waals surface area contributed by atoms with Crippen molar-refractivity contribution in [1.82, 2.24) is 9.88 Å². The molecule has 0 N–H and O–H groups in total. The zero-order valence-corrected chi connectivity index (χ0v) is 9.54. The van der Waals surface area contributed by atoms with Crippen LogP contribution in [0.4, 0.5) is 0 Å². The van der Waals surface area contributed by atoms with Crippen molar-refractivity contribution < 1.29 is 0 Å². The Morgan fingerprint density at radius 2 is 2.33 bits per heavy atom. The standard InChI is InChI=1S/C11H15N3S/c12-5-6-14(10-3-1-2-4-10)8-11-7-13-9-15-11/h7,9-10H,1-4,6,8H2. The summed E-state index contributed by atoms with van der Waals surface area (Å²) in [4.78, 5) is 7.62. The monoisotopic (exact) mass is 221 g/mol. The van der Waals surface area contributed by atoms with Crippen molar-refractivity contribution in [3.63, 3.8) is 0 Å². The maximum atomic E-state index is 8.82. The van der Waals surface area contributed by atoms with Crippen molar-refractivity contribution in [2.24, 2.45) is 0 Å². The van der Waals surface area contributed by atoms with E-state index in [-0.39, 0.29) is 0 Å². The van der Waals surface area contributed by atoms with Crippen LogP contribution in [0.25, 0.3) is 0 Å². The van der Waals surface area contributed by atoms with Gasteiger partial charge in [-0.3, -0.25) is 9.88 Å². The lowest BCUT2D eigenvalue weighted by molar-refractivity contribution is 0.216. The average molecular weight is 221 g/mol. The molecule has 0 saturated heterocycles. The molecule has 2 rings (SSSR count). The topological polar surface area (TPSA) is 39.9 Å². The number of hydrogen-bond acceptors (Lipinski definition) is 4. The molecule has 1 aliphatic rings. The molecule has 0 amide bonds. The van der Waals surface area contributed by atoms with Crippen molar-refractivity contribution in [2.75, 3.05) is 6.54 Å². The summed E-state index contributed by atoms with van der Waals surface area (Å²) in [5, 5.41) is 8.82. The fourth-order valence-electron chi connectivity index (χ4n) is 2.19. The molecule has 0 bridgehead atoms. The summed E-state index contributed by atoms with van der Waals surface area (Å²) in [6, 6.07) is 2.88. The molecule has 0 atom stereocenters. The smallest absolute Gasteiger partial charge is 0.0871 e. The van der Waals surface area contributed by atoms with Gasteiger partial charge in [0.25, 0.3) is 0 Å². The second kappa shape index (κ2) is 5.24. The van der Waals surface area contributed by atoms with Gasteiger partial charge in [-0.05, 0) is 12.8 Å². The van der Waals surface area contributed by atoms with E-state index in [9.17, 15) is 0 Å². The van der Waals surface area contributed by atoms with E-state index in [1.54, 1.807) is 11.3 Å². The number of thiazole rings is 1. The largest absolute Gasteiger partial charge is 0.282 e. The van der Waals surface area contributed by atoms with Crippen molar-refractivity contribution >= 4 is 11.3 Å². The molecule has 1 fully saturated rings. The van der Waals surface area contributed by atoms with Gasteiger partial charge in [0.2, 0.25) is 0 Å². The van der Waals surface area contributed by atoms with E-state index < -0.39 is 0 Å². The molecular formula is C11H15N3S. The van der Waals surface area contributed by atoms with Crippen LogP contribution < -0.4 is 0 Å². The van der Waals surface area contributed by atoms with Crippen LogP contribution in [0, 0.1) is 11.3 Å². The molecule has 1 saturated carbocycles. The van der Waals surface area contributed by atoms with E-state index in [4.69, 9.17) is 5.26 Å². The summed E-state index contributed by atoms with van der Waals surface area (Å²) in [7, 11) is 0. The molecule has 1 aromatic heterocycles. The fraction of sp³-hybridized carbons (Fsp3) is 0.636. The van der Waals surface area contributed by atoms with Crippen LogP contribution >= 0.6 is 11.3 Å². The van der Waals surface area contributed by atoms with Gasteiger partial charge in [-0.15, -0.1) is 11.3 Å². The van der Waals surface area contributed by atoms with E-state index in [0.29, 0.717) is 12.6 Å². The number of nitriles is 1. The van der Waals surface area contributed by atoms with Crippen molar-refractivity contribution in [3.05, 3.63) is 16.6 Å². The van der Waals surface area contributed by atoms with Crippen LogP contribution in [0.1, 0.15) is 30.6 Å². The van der Waals surface area contributed by atoms with E-state index in [2.05, 4.69) is 16.0 Å². The van der Waals surface area contributed by atoms with Crippen LogP contribution in [-0.2, 0) is 6.54 Å². The van der Waals surface area contributed by atoms with E-state index >= 15 is 0 Å². The molecule has 0 aromatic carbocycles. The normalized spacial score (nSPS) is 17.1. The third kappa shape index (κ3) is 2.77. The highest BCUT2D eigenvalue weighted by atomic mass is 32.1. The molecule has 3 nitrogen and oxygen atoms in total. The van der Waals surface area contributed by atoms with Crippen molar-refractivity contribution in [2.45, 2.75) is 38.3 Å². The Bertz CT molecular complexity index is 322. The first-order chi connectivity index (χ1) is 7.40. The minimum Gasteiger partial charge on any atom is -0.282 e. The van der Waals surface area contributed by atoms with Crippen molar-refractivity contribution in [1.29, 1.82) is 5.26 Å². The number of hydrogen-bond donors (Lipinski definition) is 0. The first kappa shape index (κ1) is 10.6. The minimum atomic E-state index is 0.544. The zero-order chi connectivity index (χ0) is 10.5. The van der Waals surface area contributed by atoms with Crippen LogP contribution in [0.15, 0.2) is 11.7 Å². The third-order valence-corrected chi connectivity index (χ3v) is 3.72. The maximum Gasteiger partial charge on any atom is 0.0871 e. The Morgan fingerprint density at radius 1 is 1.53 bits per heavy atom. The molecular weight excluding hydrogens is 206 g/mol. The fourth-order valence-corrected chi connectivity index (χ4v) is 2.81. The highest BCUT2D eigenvalue weighted by molar-refractivity contribution is 7.09. The maximum absolute atomic E-state index is 8.82. The summed E-state index contributed by atoms with van der Waals surface area (Å²) in [5.41, 5.74) is 1.86. The van der Waals surface area contributed by atoms with Gasteiger partial charge in [0.1, 0.15) is 0 Å². The molecule has 1 aliphatic carbocycles. The molecule has 4 heteroatoms. The molecule has 0 radical (unpaired) electrons. The summed E-state index contributed by atoms with van der Waals surface area (Å²) in [5.74, 6) is 0. The summed E-state index contributed by atoms with van der Waals surface area (Å²) in [6.07, 6.45) is 7.04. The summed E-state index contributed by atoms with van der Waals surface area (Å²) in [6.45, 7) is 1.44. The first-order valence-electron chi connectivity index (χ1n) is 5.38. The van der Waals surface area contributed by atoms with E-state index in [1.165, 1.54) is 30.6 Å². The molecule has 0 unspecified atom stereocenters. The second-order valence-electron chi connectivity index (χ2n) is 3.97. The Kier molecular flexibility index (Phi) is 3.70. The Morgan fingerprint density at radius 3 is 2.93 bits per heavy atom. The molecule has 1 heterocycles. The lowest BCUT2D eigenvalue weighted by atomic mass is 10.2. The SMILES string of the molecule is N#CCN(Cc1cncs1)C1CCCC1. The van der Waals surface area contributed by atoms with Crippen LogP contribution in [0.2, 0.25) is 0 Å². The van der Waals surface area contributed by atoms with Gasteiger partial charge >= 0.3 is 0 Å². The van der Waals surface area contributed by atoms with E-state index in [0.717, 1.165) is 6.54 Å². The number of nitrogens with zero attached hydrogens (tertiary/aromatic N) is 3. The lowest BCUT2D eigenvalue weighted by Gasteiger charge is -2.25. The molecule has 1 aromatic rings. The van der Waals surface area contributed by atoms with Gasteiger partial charge in [-0.2, -0.15) is 5.26 Å². The Hall–Kier alpha value is -0.920. The van der Waals surface area contributed by atoms with Crippen LogP contribution in [0.5, 0.6) is 0 Å². The van der Waals surface area contributed by atoms with Gasteiger partial charge in [0, 0.05) is 23.7 Å². The van der Waals surface area contributed by atoms with E-state index in [1.807, 2.05) is 11.7 Å². The summed E-state index contributed by atoms with van der Waals surface area (Å²) >= 11 is 1.67. The van der Waals surface area contributed by atoms with Crippen LogP contribution in [-0.4, -0.2) is 22.5 Å². The average Bonchev–Trinajstić information content (AvgIpc) is 2.89. The summed E-state index contributed by atoms with van der Waals surface area (Å²) < 4.78 is 0. The number of aromatic nitrogens is 1. The van der Waals surface area contributed by atoms with Crippen LogP contribution in [0.3, 0.4) is 0 Å². The number of rotatable bonds is 4. The molecule has 0 spiro atoms. The highest BCUT2D eigenvalue weighted by Gasteiger charge is 2.22. The Labute approximate surface area is 94.4 Å². The Balaban J connectivity index is 1.96. The zero-order valence-electron chi connectivity index (χ0n) is 8.72. The molecule has 0 aliphatic heterocycles. The molecule has 80 valence electrons. The van der Waals surface area contributed by atoms with Gasteiger partial charge in [-0.25, -0.2) is 0 Å². The van der Waals surface area contributed by atoms with Gasteiger partial charge < -0.3 is 0 Å². The predicted octanol–water partition coefficient (Wildman–Crippen LogP) is 2.41. The minimum absolute atomic E-state index is 0.544. The highest BCUT2D eigenvalue weighted by Crippen LogP contribution is 2.25. The second-order valence-corrected chi connectivity index (χ2v) is 4.94. The van der Waals surface area contributed by atoms with Gasteiger partial charge in [0.05, 0.1) is 18.1 Å². The predicted molar refractivity (Wildman–Crippen MR) is 60.4 cm³/mol. The van der Waals surface area contributed by atoms with Crippen molar-refractivity contribution in [3.8, 4) is 6.07 Å². The van der Waals surface area contributed by atoms with Gasteiger partial charge in [-0.1, -0.05) is 12.8 Å². The van der Waals surface area contributed by atoms with Gasteiger partial charge in [0.15, 0.2) is 0 Å². The molecule has 15 heavy (non-hydrogen) atoms. The lowest BCUT2D eigenvalue weighted by Crippen LogP contribution is -2.32. The quantitative estimate of drug-likeness (QED) is 0.733. The first-order valence-corrected chi connectivity index (χ1v) is 6.26.